The largest absolute Gasteiger partial charge is 0.486 e. The van der Waals surface area contributed by atoms with Gasteiger partial charge in [0.05, 0.1) is 11.6 Å². The van der Waals surface area contributed by atoms with Crippen LogP contribution in [0.15, 0.2) is 40.8 Å². The average Bonchev–Trinajstić information content (AvgIpc) is 3.22. The molecule has 1 aliphatic rings. The Morgan fingerprint density at radius 1 is 1.35 bits per heavy atom. The van der Waals surface area contributed by atoms with Gasteiger partial charge in [0.15, 0.2) is 5.76 Å². The molecule has 5 heteroatoms. The van der Waals surface area contributed by atoms with Crippen molar-refractivity contribution in [3.63, 3.8) is 0 Å². The molecule has 2 heterocycles. The topological polar surface area (TPSA) is 66.5 Å². The van der Waals surface area contributed by atoms with Crippen molar-refractivity contribution in [2.75, 3.05) is 13.1 Å². The lowest BCUT2D eigenvalue weighted by Crippen LogP contribution is -2.28. The van der Waals surface area contributed by atoms with E-state index < -0.39 is 0 Å². The number of benzene rings is 1. The van der Waals surface area contributed by atoms with Crippen LogP contribution in [-0.2, 0) is 6.61 Å². The van der Waals surface area contributed by atoms with Crippen LogP contribution in [0, 0.1) is 17.2 Å². The van der Waals surface area contributed by atoms with Gasteiger partial charge in [0.2, 0.25) is 0 Å². The fourth-order valence-corrected chi connectivity index (χ4v) is 2.63. The molecule has 1 amide bonds. The van der Waals surface area contributed by atoms with E-state index in [4.69, 9.17) is 14.4 Å². The smallest absolute Gasteiger partial charge is 0.289 e. The first-order valence-electron chi connectivity index (χ1n) is 7.66. The zero-order chi connectivity index (χ0) is 16.2. The lowest BCUT2D eigenvalue weighted by atomic mass is 10.2. The molecule has 1 aromatic carbocycles. The minimum atomic E-state index is -0.0565. The molecule has 1 aromatic heterocycles. The molecule has 5 nitrogen and oxygen atoms in total. The van der Waals surface area contributed by atoms with Crippen LogP contribution in [0.25, 0.3) is 0 Å². The molecular formula is C18H18N2O3. The summed E-state index contributed by atoms with van der Waals surface area (Å²) in [4.78, 5) is 14.1. The zero-order valence-electron chi connectivity index (χ0n) is 13.0. The van der Waals surface area contributed by atoms with Gasteiger partial charge in [0.1, 0.15) is 18.1 Å². The molecule has 118 valence electrons. The third-order valence-corrected chi connectivity index (χ3v) is 3.95. The Kier molecular flexibility index (Phi) is 4.33. The number of hydrogen-bond donors (Lipinski definition) is 0. The number of rotatable bonds is 4. The minimum Gasteiger partial charge on any atom is -0.486 e. The SMILES string of the molecule is CC1CCN(C(=O)c2ccc(COc3ccc(C#N)cc3)o2)C1. The van der Waals surface area contributed by atoms with E-state index in [1.165, 1.54) is 0 Å². The first kappa shape index (κ1) is 15.2. The van der Waals surface area contributed by atoms with Crippen molar-refractivity contribution in [3.05, 3.63) is 53.5 Å². The van der Waals surface area contributed by atoms with Crippen molar-refractivity contribution < 1.29 is 13.9 Å². The fourth-order valence-electron chi connectivity index (χ4n) is 2.63. The maximum absolute atomic E-state index is 12.3. The highest BCUT2D eigenvalue weighted by Gasteiger charge is 2.26. The molecule has 1 aliphatic heterocycles. The number of hydrogen-bond acceptors (Lipinski definition) is 4. The van der Waals surface area contributed by atoms with Gasteiger partial charge in [-0.3, -0.25) is 4.79 Å². The second-order valence-corrected chi connectivity index (χ2v) is 5.84. The predicted octanol–water partition coefficient (Wildman–Crippen LogP) is 3.21. The minimum absolute atomic E-state index is 0.0565. The van der Waals surface area contributed by atoms with Gasteiger partial charge >= 0.3 is 0 Å². The molecule has 23 heavy (non-hydrogen) atoms. The number of ether oxygens (including phenoxy) is 1. The predicted molar refractivity (Wildman–Crippen MR) is 83.9 cm³/mol. The number of carbonyl (C=O) groups excluding carboxylic acids is 1. The first-order valence-corrected chi connectivity index (χ1v) is 7.66. The van der Waals surface area contributed by atoms with Gasteiger partial charge in [0.25, 0.3) is 5.91 Å². The maximum atomic E-state index is 12.3. The van der Waals surface area contributed by atoms with E-state index in [2.05, 4.69) is 13.0 Å². The molecule has 0 N–H and O–H groups in total. The Balaban J connectivity index is 1.58. The fraction of sp³-hybridized carbons (Fsp3) is 0.333. The van der Waals surface area contributed by atoms with Crippen molar-refractivity contribution in [3.8, 4) is 11.8 Å². The van der Waals surface area contributed by atoms with Crippen molar-refractivity contribution in [1.29, 1.82) is 5.26 Å². The number of furan rings is 1. The van der Waals surface area contributed by atoms with Gasteiger partial charge in [-0.25, -0.2) is 0 Å². The average molecular weight is 310 g/mol. The third-order valence-electron chi connectivity index (χ3n) is 3.95. The van der Waals surface area contributed by atoms with Crippen molar-refractivity contribution in [1.82, 2.24) is 4.90 Å². The van der Waals surface area contributed by atoms with Crippen molar-refractivity contribution >= 4 is 5.91 Å². The van der Waals surface area contributed by atoms with Crippen LogP contribution in [0.5, 0.6) is 5.75 Å². The monoisotopic (exact) mass is 310 g/mol. The Morgan fingerprint density at radius 2 is 2.13 bits per heavy atom. The molecule has 0 bridgehead atoms. The molecule has 0 aliphatic carbocycles. The van der Waals surface area contributed by atoms with E-state index in [0.717, 1.165) is 19.5 Å². The summed E-state index contributed by atoms with van der Waals surface area (Å²) >= 11 is 0. The number of likely N-dealkylation sites (tertiary alicyclic amines) is 1. The number of nitriles is 1. The molecule has 1 fully saturated rings. The molecular weight excluding hydrogens is 292 g/mol. The maximum Gasteiger partial charge on any atom is 0.289 e. The Bertz CT molecular complexity index is 727. The van der Waals surface area contributed by atoms with E-state index in [1.807, 2.05) is 4.90 Å². The standard InChI is InChI=1S/C18H18N2O3/c1-13-8-9-20(11-13)18(21)17-7-6-16(23-17)12-22-15-4-2-14(10-19)3-5-15/h2-7,13H,8-9,11-12H2,1H3. The van der Waals surface area contributed by atoms with Crippen LogP contribution in [0.1, 0.15) is 35.2 Å². The normalized spacial score (nSPS) is 17.0. The summed E-state index contributed by atoms with van der Waals surface area (Å²) in [6.45, 7) is 3.97. The number of carbonyl (C=O) groups is 1. The van der Waals surface area contributed by atoms with Crippen molar-refractivity contribution in [2.24, 2.45) is 5.92 Å². The number of nitrogens with zero attached hydrogens (tertiary/aromatic N) is 2. The third kappa shape index (κ3) is 3.54. The Hall–Kier alpha value is -2.74. The van der Waals surface area contributed by atoms with Gasteiger partial charge in [-0.05, 0) is 48.7 Å². The summed E-state index contributed by atoms with van der Waals surface area (Å²) in [5.74, 6) is 2.11. The second-order valence-electron chi connectivity index (χ2n) is 5.84. The molecule has 0 saturated carbocycles. The number of amides is 1. The summed E-state index contributed by atoms with van der Waals surface area (Å²) in [7, 11) is 0. The zero-order valence-corrected chi connectivity index (χ0v) is 13.0. The molecule has 1 unspecified atom stereocenters. The molecule has 0 spiro atoms. The van der Waals surface area contributed by atoms with E-state index in [0.29, 0.717) is 28.8 Å². The van der Waals surface area contributed by atoms with Gasteiger partial charge in [-0.1, -0.05) is 6.92 Å². The van der Waals surface area contributed by atoms with Crippen LogP contribution in [0.2, 0.25) is 0 Å². The first-order chi connectivity index (χ1) is 11.2. The molecule has 0 radical (unpaired) electrons. The highest BCUT2D eigenvalue weighted by molar-refractivity contribution is 5.91. The Morgan fingerprint density at radius 3 is 2.78 bits per heavy atom. The lowest BCUT2D eigenvalue weighted by Gasteiger charge is -2.13. The van der Waals surface area contributed by atoms with Crippen LogP contribution >= 0.6 is 0 Å². The summed E-state index contributed by atoms with van der Waals surface area (Å²) in [6.07, 6.45) is 1.04. The quantitative estimate of drug-likeness (QED) is 0.869. The van der Waals surface area contributed by atoms with Gasteiger partial charge in [-0.2, -0.15) is 5.26 Å². The van der Waals surface area contributed by atoms with E-state index in [9.17, 15) is 4.79 Å². The van der Waals surface area contributed by atoms with E-state index in [1.54, 1.807) is 36.4 Å². The second kappa shape index (κ2) is 6.57. The van der Waals surface area contributed by atoms with E-state index >= 15 is 0 Å². The molecule has 1 atom stereocenters. The molecule has 1 saturated heterocycles. The Labute approximate surface area is 135 Å². The summed E-state index contributed by atoms with van der Waals surface area (Å²) in [6, 6.07) is 12.4. The summed E-state index contributed by atoms with van der Waals surface area (Å²) in [5.41, 5.74) is 0.586. The lowest BCUT2D eigenvalue weighted by molar-refractivity contribution is 0.0752. The highest BCUT2D eigenvalue weighted by Crippen LogP contribution is 2.20. The van der Waals surface area contributed by atoms with Gasteiger partial charge in [0, 0.05) is 13.1 Å². The van der Waals surface area contributed by atoms with Crippen LogP contribution in [-0.4, -0.2) is 23.9 Å². The van der Waals surface area contributed by atoms with Crippen molar-refractivity contribution in [2.45, 2.75) is 20.0 Å². The van der Waals surface area contributed by atoms with Crippen LogP contribution in [0.3, 0.4) is 0 Å². The summed E-state index contributed by atoms with van der Waals surface area (Å²) < 4.78 is 11.2. The molecule has 3 rings (SSSR count). The van der Waals surface area contributed by atoms with Crippen LogP contribution < -0.4 is 4.74 Å². The summed E-state index contributed by atoms with van der Waals surface area (Å²) in [5, 5.41) is 8.76. The highest BCUT2D eigenvalue weighted by atomic mass is 16.5. The molecule has 2 aromatic rings. The van der Waals surface area contributed by atoms with Gasteiger partial charge < -0.3 is 14.1 Å². The van der Waals surface area contributed by atoms with Crippen LogP contribution in [0.4, 0.5) is 0 Å². The van der Waals surface area contributed by atoms with Gasteiger partial charge in [-0.15, -0.1) is 0 Å². The van der Waals surface area contributed by atoms with E-state index in [-0.39, 0.29) is 12.5 Å².